The van der Waals surface area contributed by atoms with Crippen LogP contribution in [0.25, 0.3) is 0 Å². The molecule has 3 unspecified atom stereocenters. The molecule has 18 heavy (non-hydrogen) atoms. The zero-order valence-electron chi connectivity index (χ0n) is 10.6. The second-order valence-electron chi connectivity index (χ2n) is 4.57. The van der Waals surface area contributed by atoms with Gasteiger partial charge in [0.05, 0.1) is 5.92 Å². The maximum Gasteiger partial charge on any atom is 0.318 e. The Hall–Kier alpha value is -0.370. The fraction of sp³-hybridized carbons (Fsp3) is 0.833. The molecule has 0 heterocycles. The number of halogens is 1. The summed E-state index contributed by atoms with van der Waals surface area (Å²) >= 11 is 1.97. The van der Waals surface area contributed by atoms with E-state index in [9.17, 15) is 9.59 Å². The highest BCUT2D eigenvalue weighted by Gasteiger charge is 2.26. The van der Waals surface area contributed by atoms with E-state index in [1.807, 2.05) is 22.6 Å². The number of alkyl halides is 1. The molecule has 1 aliphatic rings. The van der Waals surface area contributed by atoms with Crippen LogP contribution in [-0.2, 0) is 19.1 Å². The molecule has 2 N–H and O–H groups in total. The number of nitrogens with two attached hydrogens (primary N) is 1. The van der Waals surface area contributed by atoms with Gasteiger partial charge in [0.25, 0.3) is 0 Å². The summed E-state index contributed by atoms with van der Waals surface area (Å²) in [5, 5.41) is 0. The molecule has 1 rings (SSSR count). The van der Waals surface area contributed by atoms with Crippen molar-refractivity contribution < 1.29 is 19.1 Å². The molecule has 0 aromatic carbocycles. The van der Waals surface area contributed by atoms with Gasteiger partial charge in [-0.2, -0.15) is 0 Å². The lowest BCUT2D eigenvalue weighted by Crippen LogP contribution is -2.33. The Labute approximate surface area is 121 Å². The topological polar surface area (TPSA) is 78.6 Å². The smallest absolute Gasteiger partial charge is 0.318 e. The molecule has 0 aliphatic heterocycles. The molecule has 0 bridgehead atoms. The third-order valence-corrected chi connectivity index (χ3v) is 3.45. The van der Waals surface area contributed by atoms with Crippen LogP contribution in [0, 0.1) is 5.92 Å². The summed E-state index contributed by atoms with van der Waals surface area (Å²) < 4.78 is 9.81. The predicted molar refractivity (Wildman–Crippen MR) is 75.3 cm³/mol. The van der Waals surface area contributed by atoms with Crippen molar-refractivity contribution in [3.63, 3.8) is 0 Å². The normalized spacial score (nSPS) is 25.3. The van der Waals surface area contributed by atoms with Crippen molar-refractivity contribution in [3.05, 3.63) is 0 Å². The number of esters is 2. The van der Waals surface area contributed by atoms with E-state index < -0.39 is 0 Å². The van der Waals surface area contributed by atoms with E-state index in [0.29, 0.717) is 6.42 Å². The van der Waals surface area contributed by atoms with Crippen LogP contribution in [0.1, 0.15) is 32.6 Å². The van der Waals surface area contributed by atoms with E-state index >= 15 is 0 Å². The van der Waals surface area contributed by atoms with Crippen LogP contribution in [-0.4, -0.2) is 35.1 Å². The molecule has 0 aromatic rings. The van der Waals surface area contributed by atoms with Gasteiger partial charge in [0.1, 0.15) is 17.1 Å². The third kappa shape index (κ3) is 5.51. The third-order valence-electron chi connectivity index (χ3n) is 2.94. The molecule has 5 nitrogen and oxygen atoms in total. The number of rotatable bonds is 5. The Kier molecular flexibility index (Phi) is 6.91. The summed E-state index contributed by atoms with van der Waals surface area (Å²) in [5.41, 5.74) is 5.81. The second-order valence-corrected chi connectivity index (χ2v) is 6.44. The van der Waals surface area contributed by atoms with E-state index in [2.05, 4.69) is 0 Å². The summed E-state index contributed by atoms with van der Waals surface area (Å²) in [6.07, 6.45) is 3.50. The van der Waals surface area contributed by atoms with Gasteiger partial charge in [0.15, 0.2) is 0 Å². The Bertz CT molecular complexity index is 296. The maximum absolute atomic E-state index is 11.7. The molecule has 1 saturated carbocycles. The Morgan fingerprint density at radius 2 is 2.00 bits per heavy atom. The highest BCUT2D eigenvalue weighted by Crippen LogP contribution is 2.24. The molecule has 0 saturated heterocycles. The van der Waals surface area contributed by atoms with Crippen molar-refractivity contribution in [2.75, 3.05) is 13.2 Å². The molecule has 104 valence electrons. The lowest BCUT2D eigenvalue weighted by molar-refractivity contribution is -0.155. The largest absolute Gasteiger partial charge is 0.462 e. The van der Waals surface area contributed by atoms with Gasteiger partial charge in [0.2, 0.25) is 0 Å². The first kappa shape index (κ1) is 15.7. The summed E-state index contributed by atoms with van der Waals surface area (Å²) in [6, 6.07) is 0.106. The standard InChI is InChI=1S/C12H20INO4/c1-8(13)11(15)17-5-6-18-12(16)9-3-2-4-10(14)7-9/h8-10H,2-7,14H2,1H3. The summed E-state index contributed by atoms with van der Waals surface area (Å²) in [4.78, 5) is 22.8. The molecule has 0 radical (unpaired) electrons. The SMILES string of the molecule is CC(I)C(=O)OCCOC(=O)C1CCCC(N)C1. The van der Waals surface area contributed by atoms with E-state index in [4.69, 9.17) is 15.2 Å². The average Bonchev–Trinajstić information content (AvgIpc) is 2.33. The van der Waals surface area contributed by atoms with Crippen molar-refractivity contribution in [1.82, 2.24) is 0 Å². The fourth-order valence-electron chi connectivity index (χ4n) is 1.96. The number of hydrogen-bond acceptors (Lipinski definition) is 5. The first-order chi connectivity index (χ1) is 8.50. The monoisotopic (exact) mass is 369 g/mol. The van der Waals surface area contributed by atoms with Crippen molar-refractivity contribution in [3.8, 4) is 0 Å². The van der Waals surface area contributed by atoms with E-state index in [0.717, 1.165) is 19.3 Å². The molecule has 0 spiro atoms. The van der Waals surface area contributed by atoms with E-state index in [1.54, 1.807) is 6.92 Å². The van der Waals surface area contributed by atoms with Crippen LogP contribution in [0.2, 0.25) is 0 Å². The van der Waals surface area contributed by atoms with Crippen LogP contribution in [0.15, 0.2) is 0 Å². The number of hydrogen-bond donors (Lipinski definition) is 1. The minimum atomic E-state index is -0.286. The number of carbonyl (C=O) groups is 2. The summed E-state index contributed by atoms with van der Waals surface area (Å²) in [5.74, 6) is -0.594. The van der Waals surface area contributed by atoms with Gasteiger partial charge in [-0.1, -0.05) is 29.0 Å². The highest BCUT2D eigenvalue weighted by atomic mass is 127. The second kappa shape index (κ2) is 7.93. The molecule has 1 fully saturated rings. The predicted octanol–water partition coefficient (Wildman–Crippen LogP) is 1.41. The molecule has 1 aliphatic carbocycles. The van der Waals surface area contributed by atoms with Gasteiger partial charge in [-0.25, -0.2) is 0 Å². The minimum absolute atomic E-state index is 0.0899. The highest BCUT2D eigenvalue weighted by molar-refractivity contribution is 14.1. The van der Waals surface area contributed by atoms with Gasteiger partial charge in [-0.3, -0.25) is 9.59 Å². The number of carbonyl (C=O) groups excluding carboxylic acids is 2. The Balaban J connectivity index is 2.15. The van der Waals surface area contributed by atoms with Crippen LogP contribution in [0.4, 0.5) is 0 Å². The molecule has 0 amide bonds. The molecular formula is C12H20INO4. The van der Waals surface area contributed by atoms with Crippen LogP contribution >= 0.6 is 22.6 Å². The van der Waals surface area contributed by atoms with Gasteiger partial charge in [0, 0.05) is 6.04 Å². The van der Waals surface area contributed by atoms with Crippen LogP contribution in [0.3, 0.4) is 0 Å². The first-order valence-corrected chi connectivity index (χ1v) is 7.48. The van der Waals surface area contributed by atoms with Gasteiger partial charge < -0.3 is 15.2 Å². The van der Waals surface area contributed by atoms with Crippen molar-refractivity contribution >= 4 is 34.5 Å². The molecule has 6 heteroatoms. The van der Waals surface area contributed by atoms with Crippen LogP contribution in [0.5, 0.6) is 0 Å². The van der Waals surface area contributed by atoms with Crippen LogP contribution < -0.4 is 5.73 Å². The lowest BCUT2D eigenvalue weighted by Gasteiger charge is -2.24. The fourth-order valence-corrected chi connectivity index (χ4v) is 2.14. The molecule has 3 atom stereocenters. The number of ether oxygens (including phenoxy) is 2. The van der Waals surface area contributed by atoms with Crippen molar-refractivity contribution in [1.29, 1.82) is 0 Å². The van der Waals surface area contributed by atoms with Gasteiger partial charge >= 0.3 is 11.9 Å². The lowest BCUT2D eigenvalue weighted by atomic mass is 9.86. The van der Waals surface area contributed by atoms with E-state index in [1.165, 1.54) is 0 Å². The van der Waals surface area contributed by atoms with Crippen molar-refractivity contribution in [2.45, 2.75) is 42.6 Å². The van der Waals surface area contributed by atoms with Gasteiger partial charge in [-0.05, 0) is 26.2 Å². The quantitative estimate of drug-likeness (QED) is 0.343. The maximum atomic E-state index is 11.7. The summed E-state index contributed by atoms with van der Waals surface area (Å²) in [7, 11) is 0. The minimum Gasteiger partial charge on any atom is -0.462 e. The average molecular weight is 369 g/mol. The summed E-state index contributed by atoms with van der Waals surface area (Å²) in [6.45, 7) is 1.99. The van der Waals surface area contributed by atoms with Crippen molar-refractivity contribution in [2.24, 2.45) is 11.7 Å². The molecular weight excluding hydrogens is 349 g/mol. The van der Waals surface area contributed by atoms with E-state index in [-0.39, 0.29) is 41.0 Å². The zero-order chi connectivity index (χ0) is 13.5. The Morgan fingerprint density at radius 3 is 2.61 bits per heavy atom. The zero-order valence-corrected chi connectivity index (χ0v) is 12.7. The molecule has 0 aromatic heterocycles. The Morgan fingerprint density at radius 1 is 1.33 bits per heavy atom. The van der Waals surface area contributed by atoms with Gasteiger partial charge in [-0.15, -0.1) is 0 Å². The first-order valence-electron chi connectivity index (χ1n) is 6.23.